The van der Waals surface area contributed by atoms with Crippen LogP contribution in [0.2, 0.25) is 0 Å². The molecule has 0 aromatic carbocycles. The third-order valence-electron chi connectivity index (χ3n) is 2.32. The molecule has 0 amide bonds. The highest BCUT2D eigenvalue weighted by Crippen LogP contribution is 2.28. The molecule has 0 saturated carbocycles. The van der Waals surface area contributed by atoms with Gasteiger partial charge in [-0.2, -0.15) is 0 Å². The van der Waals surface area contributed by atoms with Gasteiger partial charge < -0.3 is 5.32 Å². The minimum absolute atomic E-state index is 0.892. The number of thiophene rings is 1. The summed E-state index contributed by atoms with van der Waals surface area (Å²) in [6.07, 6.45) is 1.60. The van der Waals surface area contributed by atoms with Crippen LogP contribution < -0.4 is 5.32 Å². The Labute approximate surface area is 93.2 Å². The van der Waals surface area contributed by atoms with Gasteiger partial charge in [0.1, 0.15) is 12.1 Å². The van der Waals surface area contributed by atoms with Crippen molar-refractivity contribution in [1.29, 1.82) is 0 Å². The van der Waals surface area contributed by atoms with E-state index in [0.717, 1.165) is 17.1 Å². The van der Waals surface area contributed by atoms with Gasteiger partial charge in [0.2, 0.25) is 0 Å². The fourth-order valence-electron chi connectivity index (χ4n) is 1.56. The second kappa shape index (κ2) is 3.98. The number of hydrogen-bond donors (Lipinski definition) is 1. The van der Waals surface area contributed by atoms with E-state index >= 15 is 0 Å². The maximum absolute atomic E-state index is 4.33. The molecule has 0 unspecified atom stereocenters. The summed E-state index contributed by atoms with van der Waals surface area (Å²) in [5.74, 6) is 0.892. The van der Waals surface area contributed by atoms with Crippen LogP contribution >= 0.6 is 11.3 Å². The minimum atomic E-state index is 0.892. The number of anilines is 1. The molecule has 0 aliphatic rings. The Morgan fingerprint density at radius 2 is 2.07 bits per heavy atom. The standard InChI is InChI=1S/C11H13N3S/c1-7-4-9(5-15-7)10-8(2)11(12-3)14-6-13-10/h4-6H,1-3H3,(H,12,13,14). The zero-order valence-corrected chi connectivity index (χ0v) is 9.85. The molecule has 3 nitrogen and oxygen atoms in total. The van der Waals surface area contributed by atoms with Crippen molar-refractivity contribution >= 4 is 17.2 Å². The van der Waals surface area contributed by atoms with Crippen LogP contribution in [0.25, 0.3) is 11.3 Å². The van der Waals surface area contributed by atoms with Crippen molar-refractivity contribution < 1.29 is 0 Å². The second-order valence-electron chi connectivity index (χ2n) is 3.39. The lowest BCUT2D eigenvalue weighted by Gasteiger charge is -2.06. The Hall–Kier alpha value is -1.42. The molecule has 0 bridgehead atoms. The number of nitrogens with zero attached hydrogens (tertiary/aromatic N) is 2. The number of aromatic nitrogens is 2. The lowest BCUT2D eigenvalue weighted by molar-refractivity contribution is 1.13. The fourth-order valence-corrected chi connectivity index (χ4v) is 2.25. The summed E-state index contributed by atoms with van der Waals surface area (Å²) in [5.41, 5.74) is 3.28. The van der Waals surface area contributed by atoms with Gasteiger partial charge in [-0.3, -0.25) is 0 Å². The molecule has 0 radical (unpaired) electrons. The molecule has 0 atom stereocenters. The number of aryl methyl sites for hydroxylation is 1. The molecular weight excluding hydrogens is 206 g/mol. The molecule has 15 heavy (non-hydrogen) atoms. The average molecular weight is 219 g/mol. The van der Waals surface area contributed by atoms with Crippen molar-refractivity contribution in [2.45, 2.75) is 13.8 Å². The third-order valence-corrected chi connectivity index (χ3v) is 3.19. The number of rotatable bonds is 2. The quantitative estimate of drug-likeness (QED) is 0.844. The van der Waals surface area contributed by atoms with E-state index in [1.54, 1.807) is 17.7 Å². The van der Waals surface area contributed by atoms with Crippen LogP contribution in [0.5, 0.6) is 0 Å². The molecule has 0 aliphatic carbocycles. The van der Waals surface area contributed by atoms with Gasteiger partial charge in [-0.05, 0) is 19.9 Å². The van der Waals surface area contributed by atoms with Gasteiger partial charge in [-0.1, -0.05) is 0 Å². The van der Waals surface area contributed by atoms with E-state index in [1.165, 1.54) is 10.4 Å². The summed E-state index contributed by atoms with van der Waals surface area (Å²) in [6.45, 7) is 4.14. The lowest BCUT2D eigenvalue weighted by Crippen LogP contribution is -1.98. The second-order valence-corrected chi connectivity index (χ2v) is 4.51. The summed E-state index contributed by atoms with van der Waals surface area (Å²) in [7, 11) is 1.87. The Morgan fingerprint density at radius 3 is 2.67 bits per heavy atom. The Bertz CT molecular complexity index is 476. The topological polar surface area (TPSA) is 37.8 Å². The van der Waals surface area contributed by atoms with Crippen LogP contribution in [-0.4, -0.2) is 17.0 Å². The summed E-state index contributed by atoms with van der Waals surface area (Å²) in [4.78, 5) is 9.80. The van der Waals surface area contributed by atoms with E-state index in [1.807, 2.05) is 14.0 Å². The van der Waals surface area contributed by atoms with Crippen molar-refractivity contribution in [1.82, 2.24) is 9.97 Å². The largest absolute Gasteiger partial charge is 0.373 e. The molecule has 0 aliphatic heterocycles. The Kier molecular flexibility index (Phi) is 2.68. The number of nitrogens with one attached hydrogen (secondary N) is 1. The van der Waals surface area contributed by atoms with Gasteiger partial charge >= 0.3 is 0 Å². The highest BCUT2D eigenvalue weighted by atomic mass is 32.1. The first kappa shape index (κ1) is 10.1. The maximum atomic E-state index is 4.33. The van der Waals surface area contributed by atoms with Crippen molar-refractivity contribution in [2.24, 2.45) is 0 Å². The monoisotopic (exact) mass is 219 g/mol. The van der Waals surface area contributed by atoms with Crippen molar-refractivity contribution in [3.8, 4) is 11.3 Å². The van der Waals surface area contributed by atoms with Crippen LogP contribution in [0.1, 0.15) is 10.4 Å². The summed E-state index contributed by atoms with van der Waals surface area (Å²) in [6, 6.07) is 2.15. The molecular formula is C11H13N3S. The molecule has 4 heteroatoms. The average Bonchev–Trinajstić information content (AvgIpc) is 2.65. The van der Waals surface area contributed by atoms with Gasteiger partial charge in [-0.15, -0.1) is 11.3 Å². The summed E-state index contributed by atoms with van der Waals surface area (Å²) < 4.78 is 0. The Morgan fingerprint density at radius 1 is 1.27 bits per heavy atom. The van der Waals surface area contributed by atoms with E-state index in [-0.39, 0.29) is 0 Å². The molecule has 2 aromatic heterocycles. The van der Waals surface area contributed by atoms with E-state index in [4.69, 9.17) is 0 Å². The zero-order chi connectivity index (χ0) is 10.8. The van der Waals surface area contributed by atoms with E-state index in [9.17, 15) is 0 Å². The van der Waals surface area contributed by atoms with E-state index in [2.05, 4.69) is 33.7 Å². The highest BCUT2D eigenvalue weighted by molar-refractivity contribution is 7.10. The molecule has 78 valence electrons. The van der Waals surface area contributed by atoms with Gasteiger partial charge in [0.25, 0.3) is 0 Å². The summed E-state index contributed by atoms with van der Waals surface area (Å²) in [5, 5.41) is 5.19. The van der Waals surface area contributed by atoms with Crippen LogP contribution in [0, 0.1) is 13.8 Å². The fraction of sp³-hybridized carbons (Fsp3) is 0.273. The normalized spacial score (nSPS) is 10.3. The maximum Gasteiger partial charge on any atom is 0.132 e. The minimum Gasteiger partial charge on any atom is -0.373 e. The number of hydrogen-bond acceptors (Lipinski definition) is 4. The van der Waals surface area contributed by atoms with E-state index in [0.29, 0.717) is 0 Å². The van der Waals surface area contributed by atoms with Crippen molar-refractivity contribution in [3.63, 3.8) is 0 Å². The molecule has 0 saturated heterocycles. The lowest BCUT2D eigenvalue weighted by atomic mass is 10.1. The molecule has 0 spiro atoms. The predicted octanol–water partition coefficient (Wildman–Crippen LogP) is 2.86. The first-order valence-corrected chi connectivity index (χ1v) is 5.65. The molecule has 1 N–H and O–H groups in total. The molecule has 0 fully saturated rings. The van der Waals surface area contributed by atoms with Gasteiger partial charge in [0, 0.05) is 28.4 Å². The van der Waals surface area contributed by atoms with Crippen LogP contribution in [0.3, 0.4) is 0 Å². The molecule has 2 aromatic rings. The van der Waals surface area contributed by atoms with Crippen LogP contribution in [-0.2, 0) is 0 Å². The molecule has 2 rings (SSSR count). The van der Waals surface area contributed by atoms with Crippen molar-refractivity contribution in [3.05, 3.63) is 28.2 Å². The van der Waals surface area contributed by atoms with E-state index < -0.39 is 0 Å². The SMILES string of the molecule is CNc1ncnc(-c2csc(C)c2)c1C. The van der Waals surface area contributed by atoms with Gasteiger partial charge in [0.15, 0.2) is 0 Å². The van der Waals surface area contributed by atoms with Gasteiger partial charge in [0.05, 0.1) is 5.69 Å². The molecule has 2 heterocycles. The van der Waals surface area contributed by atoms with Crippen LogP contribution in [0.15, 0.2) is 17.8 Å². The first-order chi connectivity index (χ1) is 7.22. The van der Waals surface area contributed by atoms with Crippen molar-refractivity contribution in [2.75, 3.05) is 12.4 Å². The van der Waals surface area contributed by atoms with Crippen LogP contribution in [0.4, 0.5) is 5.82 Å². The third kappa shape index (κ3) is 1.85. The predicted molar refractivity (Wildman–Crippen MR) is 64.4 cm³/mol. The first-order valence-electron chi connectivity index (χ1n) is 4.77. The summed E-state index contributed by atoms with van der Waals surface area (Å²) >= 11 is 1.74. The zero-order valence-electron chi connectivity index (χ0n) is 9.03. The highest BCUT2D eigenvalue weighted by Gasteiger charge is 2.08. The van der Waals surface area contributed by atoms with Gasteiger partial charge in [-0.25, -0.2) is 9.97 Å². The Balaban J connectivity index is 2.53. The smallest absolute Gasteiger partial charge is 0.132 e.